The van der Waals surface area contributed by atoms with Gasteiger partial charge in [0.25, 0.3) is 5.69 Å². The van der Waals surface area contributed by atoms with Crippen LogP contribution in [0.2, 0.25) is 0 Å². The van der Waals surface area contributed by atoms with Gasteiger partial charge in [-0.25, -0.2) is 0 Å². The molecule has 120 valence electrons. The number of rotatable bonds is 3. The van der Waals surface area contributed by atoms with Gasteiger partial charge in [0, 0.05) is 29.5 Å². The molecule has 0 heterocycles. The number of nitrogens with zero attached hydrogens (tertiary/aromatic N) is 2. The van der Waals surface area contributed by atoms with Crippen LogP contribution in [0.15, 0.2) is 83.9 Å². The average Bonchev–Trinajstić information content (AvgIpc) is 2.66. The van der Waals surface area contributed by atoms with Gasteiger partial charge >= 0.3 is 0 Å². The van der Waals surface area contributed by atoms with E-state index in [0.29, 0.717) is 5.69 Å². The van der Waals surface area contributed by atoms with Gasteiger partial charge in [-0.3, -0.25) is 15.1 Å². The topological polar surface area (TPSA) is 55.5 Å². The van der Waals surface area contributed by atoms with Crippen molar-refractivity contribution in [3.8, 4) is 11.8 Å². The summed E-state index contributed by atoms with van der Waals surface area (Å²) in [6.45, 7) is 0. The van der Waals surface area contributed by atoms with Gasteiger partial charge in [0.15, 0.2) is 0 Å². The maximum absolute atomic E-state index is 10.8. The van der Waals surface area contributed by atoms with Crippen LogP contribution in [0.25, 0.3) is 0 Å². The van der Waals surface area contributed by atoms with Crippen LogP contribution in [0.1, 0.15) is 16.7 Å². The maximum Gasteiger partial charge on any atom is 0.271 e. The molecule has 3 aromatic carbocycles. The highest BCUT2D eigenvalue weighted by Gasteiger charge is 2.04. The molecule has 25 heavy (non-hydrogen) atoms. The third-order valence-corrected chi connectivity index (χ3v) is 3.44. The molecule has 0 radical (unpaired) electrons. The van der Waals surface area contributed by atoms with E-state index in [1.807, 2.05) is 54.6 Å². The quantitative estimate of drug-likeness (QED) is 0.302. The molecular formula is C21H14N2O2. The first-order chi connectivity index (χ1) is 12.2. The molecule has 0 saturated heterocycles. The Bertz CT molecular complexity index is 966. The Hall–Kier alpha value is -3.71. The van der Waals surface area contributed by atoms with Gasteiger partial charge in [-0.15, -0.1) is 0 Å². The Balaban J connectivity index is 1.72. The van der Waals surface area contributed by atoms with Crippen molar-refractivity contribution >= 4 is 17.6 Å². The lowest BCUT2D eigenvalue weighted by Gasteiger charge is -1.96. The van der Waals surface area contributed by atoms with Gasteiger partial charge in [-0.2, -0.15) is 0 Å². The highest BCUT2D eigenvalue weighted by molar-refractivity contribution is 5.82. The Labute approximate surface area is 145 Å². The van der Waals surface area contributed by atoms with Crippen molar-refractivity contribution < 1.29 is 4.92 Å². The van der Waals surface area contributed by atoms with Crippen molar-refractivity contribution in [1.29, 1.82) is 0 Å². The van der Waals surface area contributed by atoms with Crippen LogP contribution in [0.5, 0.6) is 0 Å². The number of benzene rings is 3. The van der Waals surface area contributed by atoms with Crippen molar-refractivity contribution in [2.45, 2.75) is 0 Å². The number of aliphatic imine (C=N–C) groups is 1. The third-order valence-electron chi connectivity index (χ3n) is 3.44. The van der Waals surface area contributed by atoms with E-state index in [9.17, 15) is 10.1 Å². The zero-order valence-corrected chi connectivity index (χ0v) is 13.3. The lowest BCUT2D eigenvalue weighted by molar-refractivity contribution is -0.384. The number of hydrogen-bond acceptors (Lipinski definition) is 3. The lowest BCUT2D eigenvalue weighted by Crippen LogP contribution is -1.86. The van der Waals surface area contributed by atoms with E-state index in [4.69, 9.17) is 0 Å². The third kappa shape index (κ3) is 4.63. The van der Waals surface area contributed by atoms with Gasteiger partial charge in [0.2, 0.25) is 0 Å². The first kappa shape index (κ1) is 16.2. The SMILES string of the molecule is O=[N+]([O-])c1cccc(N=Cc2ccc(C#Cc3ccccc3)cc2)c1. The number of non-ortho nitro benzene ring substituents is 1. The second-order valence-electron chi connectivity index (χ2n) is 5.27. The fraction of sp³-hybridized carbons (Fsp3) is 0. The summed E-state index contributed by atoms with van der Waals surface area (Å²) in [6.07, 6.45) is 1.67. The molecule has 0 aromatic heterocycles. The van der Waals surface area contributed by atoms with Gasteiger partial charge in [0.05, 0.1) is 10.6 Å². The predicted octanol–water partition coefficient (Wildman–Crippen LogP) is 4.75. The van der Waals surface area contributed by atoms with Crippen molar-refractivity contribution in [3.05, 3.63) is 106 Å². The molecule has 3 rings (SSSR count). The summed E-state index contributed by atoms with van der Waals surface area (Å²) >= 11 is 0. The monoisotopic (exact) mass is 326 g/mol. The standard InChI is InChI=1S/C21H14N2O2/c24-23(25)21-8-4-7-20(15-21)22-16-19-13-11-18(12-14-19)10-9-17-5-2-1-3-6-17/h1-8,11-16H. The molecule has 0 amide bonds. The molecule has 0 fully saturated rings. The van der Waals surface area contributed by atoms with E-state index < -0.39 is 4.92 Å². The first-order valence-electron chi connectivity index (χ1n) is 7.66. The normalized spacial score (nSPS) is 10.2. The zero-order chi connectivity index (χ0) is 17.5. The Morgan fingerprint density at radius 3 is 2.20 bits per heavy atom. The van der Waals surface area contributed by atoms with E-state index in [1.54, 1.807) is 18.3 Å². The van der Waals surface area contributed by atoms with E-state index in [0.717, 1.165) is 16.7 Å². The smallest absolute Gasteiger partial charge is 0.258 e. The summed E-state index contributed by atoms with van der Waals surface area (Å²) in [5.74, 6) is 6.22. The molecule has 0 aliphatic carbocycles. The molecule has 0 spiro atoms. The summed E-state index contributed by atoms with van der Waals surface area (Å²) in [4.78, 5) is 14.6. The molecule has 0 atom stereocenters. The first-order valence-corrected chi connectivity index (χ1v) is 7.66. The summed E-state index contributed by atoms with van der Waals surface area (Å²) in [7, 11) is 0. The van der Waals surface area contributed by atoms with E-state index in [1.165, 1.54) is 12.1 Å². The summed E-state index contributed by atoms with van der Waals surface area (Å²) in [5, 5.41) is 10.8. The van der Waals surface area contributed by atoms with Crippen LogP contribution in [-0.2, 0) is 0 Å². The Morgan fingerprint density at radius 2 is 1.52 bits per heavy atom. The van der Waals surface area contributed by atoms with Gasteiger partial charge in [0.1, 0.15) is 0 Å². The van der Waals surface area contributed by atoms with Crippen molar-refractivity contribution in [2.75, 3.05) is 0 Å². The minimum Gasteiger partial charge on any atom is -0.258 e. The molecule has 0 unspecified atom stereocenters. The fourth-order valence-electron chi connectivity index (χ4n) is 2.15. The Morgan fingerprint density at radius 1 is 0.840 bits per heavy atom. The van der Waals surface area contributed by atoms with Gasteiger partial charge in [-0.05, 0) is 35.9 Å². The van der Waals surface area contributed by atoms with Crippen LogP contribution in [0.4, 0.5) is 11.4 Å². The lowest BCUT2D eigenvalue weighted by atomic mass is 10.1. The van der Waals surface area contributed by atoms with E-state index in [2.05, 4.69) is 16.8 Å². The van der Waals surface area contributed by atoms with E-state index >= 15 is 0 Å². The van der Waals surface area contributed by atoms with E-state index in [-0.39, 0.29) is 5.69 Å². The molecule has 4 heteroatoms. The van der Waals surface area contributed by atoms with Crippen LogP contribution < -0.4 is 0 Å². The number of nitro benzene ring substituents is 1. The molecule has 3 aromatic rings. The highest BCUT2D eigenvalue weighted by atomic mass is 16.6. The average molecular weight is 326 g/mol. The van der Waals surface area contributed by atoms with Crippen LogP contribution in [0.3, 0.4) is 0 Å². The second kappa shape index (κ2) is 7.71. The zero-order valence-electron chi connectivity index (χ0n) is 13.3. The predicted molar refractivity (Wildman–Crippen MR) is 99.2 cm³/mol. The molecule has 0 N–H and O–H groups in total. The molecular weight excluding hydrogens is 312 g/mol. The summed E-state index contributed by atoms with van der Waals surface area (Å²) in [6, 6.07) is 23.7. The highest BCUT2D eigenvalue weighted by Crippen LogP contribution is 2.19. The molecule has 0 aliphatic rings. The van der Waals surface area contributed by atoms with Crippen molar-refractivity contribution in [1.82, 2.24) is 0 Å². The summed E-state index contributed by atoms with van der Waals surface area (Å²) in [5.41, 5.74) is 3.36. The number of hydrogen-bond donors (Lipinski definition) is 0. The minimum absolute atomic E-state index is 0.0289. The van der Waals surface area contributed by atoms with Crippen LogP contribution >= 0.6 is 0 Å². The van der Waals surface area contributed by atoms with Crippen molar-refractivity contribution in [3.63, 3.8) is 0 Å². The molecule has 0 saturated carbocycles. The van der Waals surface area contributed by atoms with Gasteiger partial charge in [-0.1, -0.05) is 48.2 Å². The fourth-order valence-corrected chi connectivity index (χ4v) is 2.15. The van der Waals surface area contributed by atoms with Crippen LogP contribution in [-0.4, -0.2) is 11.1 Å². The minimum atomic E-state index is -0.431. The summed E-state index contributed by atoms with van der Waals surface area (Å²) < 4.78 is 0. The van der Waals surface area contributed by atoms with Crippen molar-refractivity contribution in [2.24, 2.45) is 4.99 Å². The molecule has 4 nitrogen and oxygen atoms in total. The largest absolute Gasteiger partial charge is 0.271 e. The Kier molecular flexibility index (Phi) is 4.98. The van der Waals surface area contributed by atoms with Crippen LogP contribution in [0, 0.1) is 22.0 Å². The molecule has 0 aliphatic heterocycles. The van der Waals surface area contributed by atoms with Gasteiger partial charge < -0.3 is 0 Å². The second-order valence-corrected chi connectivity index (χ2v) is 5.27. The number of nitro groups is 1. The molecule has 0 bridgehead atoms. The maximum atomic E-state index is 10.8.